The maximum Gasteiger partial charge on any atom is 0.311 e. The van der Waals surface area contributed by atoms with Gasteiger partial charge in [0.15, 0.2) is 0 Å². The highest BCUT2D eigenvalue weighted by Crippen LogP contribution is 2.10. The molecule has 104 valence electrons. The Labute approximate surface area is 121 Å². The SMILES string of the molecule is Cc1ccc(C(=O)C(=O)Nn2cnc3ccccc32)cc1. The number of Topliss-reactive ketones (excluding diaryl/α,β-unsaturated/α-hetero) is 1. The number of imidazole rings is 1. The Morgan fingerprint density at radius 3 is 2.52 bits per heavy atom. The third kappa shape index (κ3) is 2.53. The van der Waals surface area contributed by atoms with Crippen LogP contribution in [0.25, 0.3) is 11.0 Å². The highest BCUT2D eigenvalue weighted by Gasteiger charge is 2.17. The molecule has 3 rings (SSSR count). The van der Waals surface area contributed by atoms with Crippen LogP contribution in [-0.2, 0) is 4.79 Å². The summed E-state index contributed by atoms with van der Waals surface area (Å²) in [4.78, 5) is 28.3. The molecule has 1 heterocycles. The molecular weight excluding hydrogens is 266 g/mol. The minimum atomic E-state index is -0.693. The predicted molar refractivity (Wildman–Crippen MR) is 79.6 cm³/mol. The van der Waals surface area contributed by atoms with Crippen molar-refractivity contribution in [1.82, 2.24) is 9.66 Å². The van der Waals surface area contributed by atoms with Crippen LogP contribution < -0.4 is 5.43 Å². The molecule has 0 bridgehead atoms. The number of nitrogens with one attached hydrogen (secondary N) is 1. The van der Waals surface area contributed by atoms with E-state index < -0.39 is 11.7 Å². The van der Waals surface area contributed by atoms with Crippen molar-refractivity contribution in [3.8, 4) is 0 Å². The lowest BCUT2D eigenvalue weighted by molar-refractivity contribution is -0.113. The average Bonchev–Trinajstić information content (AvgIpc) is 2.91. The molecule has 0 saturated heterocycles. The monoisotopic (exact) mass is 279 g/mol. The van der Waals surface area contributed by atoms with Gasteiger partial charge in [0, 0.05) is 5.56 Å². The summed E-state index contributed by atoms with van der Waals surface area (Å²) in [5, 5.41) is 0. The molecule has 0 spiro atoms. The minimum absolute atomic E-state index is 0.363. The van der Waals surface area contributed by atoms with Crippen LogP contribution in [0.4, 0.5) is 0 Å². The second-order valence-electron chi connectivity index (χ2n) is 4.74. The molecule has 0 aliphatic carbocycles. The highest BCUT2D eigenvalue weighted by atomic mass is 16.2. The van der Waals surface area contributed by atoms with Gasteiger partial charge in [-0.15, -0.1) is 0 Å². The van der Waals surface area contributed by atoms with E-state index in [1.165, 1.54) is 11.0 Å². The summed E-state index contributed by atoms with van der Waals surface area (Å²) >= 11 is 0. The first-order valence-corrected chi connectivity index (χ1v) is 6.49. The van der Waals surface area contributed by atoms with Crippen LogP contribution in [0.15, 0.2) is 54.9 Å². The van der Waals surface area contributed by atoms with E-state index in [0.717, 1.165) is 16.6 Å². The molecule has 1 aromatic heterocycles. The third-order valence-electron chi connectivity index (χ3n) is 3.20. The lowest BCUT2D eigenvalue weighted by Gasteiger charge is -2.06. The number of carbonyl (C=O) groups excluding carboxylic acids is 2. The van der Waals surface area contributed by atoms with Crippen molar-refractivity contribution in [3.05, 3.63) is 66.0 Å². The summed E-state index contributed by atoms with van der Waals surface area (Å²) < 4.78 is 1.45. The van der Waals surface area contributed by atoms with Gasteiger partial charge >= 0.3 is 5.91 Å². The van der Waals surface area contributed by atoms with Gasteiger partial charge in [-0.05, 0) is 19.1 Å². The number of hydrogen-bond donors (Lipinski definition) is 1. The molecule has 5 heteroatoms. The van der Waals surface area contributed by atoms with Crippen LogP contribution in [0.2, 0.25) is 0 Å². The zero-order valence-corrected chi connectivity index (χ0v) is 11.4. The lowest BCUT2D eigenvalue weighted by atomic mass is 10.1. The lowest BCUT2D eigenvalue weighted by Crippen LogP contribution is -2.29. The Bertz CT molecular complexity index is 819. The van der Waals surface area contributed by atoms with E-state index in [9.17, 15) is 9.59 Å². The van der Waals surface area contributed by atoms with E-state index in [2.05, 4.69) is 10.4 Å². The van der Waals surface area contributed by atoms with E-state index in [0.29, 0.717) is 5.56 Å². The Balaban J connectivity index is 1.83. The first kappa shape index (κ1) is 13.1. The largest absolute Gasteiger partial charge is 0.311 e. The molecule has 0 unspecified atom stereocenters. The molecule has 0 fully saturated rings. The summed E-state index contributed by atoms with van der Waals surface area (Å²) in [5.74, 6) is -1.27. The third-order valence-corrected chi connectivity index (χ3v) is 3.20. The molecule has 5 nitrogen and oxygen atoms in total. The van der Waals surface area contributed by atoms with E-state index in [-0.39, 0.29) is 0 Å². The number of rotatable bonds is 3. The van der Waals surface area contributed by atoms with E-state index in [1.807, 2.05) is 31.2 Å². The number of fused-ring (bicyclic) bond motifs is 1. The molecule has 0 atom stereocenters. The fourth-order valence-electron chi connectivity index (χ4n) is 2.04. The molecule has 3 aromatic rings. The Morgan fingerprint density at radius 2 is 1.76 bits per heavy atom. The van der Waals surface area contributed by atoms with Gasteiger partial charge in [0.25, 0.3) is 5.78 Å². The number of carbonyl (C=O) groups is 2. The number of benzene rings is 2. The summed E-state index contributed by atoms with van der Waals surface area (Å²) in [6.45, 7) is 1.92. The predicted octanol–water partition coefficient (Wildman–Crippen LogP) is 2.30. The number of hydrogen-bond acceptors (Lipinski definition) is 3. The van der Waals surface area contributed by atoms with Crippen molar-refractivity contribution in [3.63, 3.8) is 0 Å². The second-order valence-corrected chi connectivity index (χ2v) is 4.74. The molecule has 1 N–H and O–H groups in total. The molecule has 1 amide bonds. The topological polar surface area (TPSA) is 64.0 Å². The fourth-order valence-corrected chi connectivity index (χ4v) is 2.04. The van der Waals surface area contributed by atoms with Crippen LogP contribution in [0.1, 0.15) is 15.9 Å². The second kappa shape index (κ2) is 5.20. The standard InChI is InChI=1S/C16H13N3O2/c1-11-6-8-12(9-7-11)15(20)16(21)18-19-10-17-13-4-2-3-5-14(13)19/h2-10H,1H3,(H,18,21). The summed E-state index contributed by atoms with van der Waals surface area (Å²) in [6.07, 6.45) is 1.48. The molecule has 0 aliphatic rings. The van der Waals surface area contributed by atoms with Gasteiger partial charge in [0.1, 0.15) is 6.33 Å². The van der Waals surface area contributed by atoms with Crippen molar-refractivity contribution in [2.24, 2.45) is 0 Å². The maximum atomic E-state index is 12.1. The van der Waals surface area contributed by atoms with Gasteiger partial charge in [-0.2, -0.15) is 0 Å². The molecule has 0 radical (unpaired) electrons. The van der Waals surface area contributed by atoms with Gasteiger partial charge in [-0.1, -0.05) is 42.0 Å². The van der Waals surface area contributed by atoms with Crippen molar-refractivity contribution in [2.45, 2.75) is 6.92 Å². The summed E-state index contributed by atoms with van der Waals surface area (Å²) in [7, 11) is 0. The number of para-hydroxylation sites is 2. The van der Waals surface area contributed by atoms with Crippen LogP contribution in [0, 0.1) is 6.92 Å². The zero-order chi connectivity index (χ0) is 14.8. The quantitative estimate of drug-likeness (QED) is 0.591. The first-order valence-electron chi connectivity index (χ1n) is 6.49. The molecule has 2 aromatic carbocycles. The van der Waals surface area contributed by atoms with E-state index in [1.54, 1.807) is 24.3 Å². The number of aryl methyl sites for hydroxylation is 1. The van der Waals surface area contributed by atoms with Crippen molar-refractivity contribution in [1.29, 1.82) is 0 Å². The highest BCUT2D eigenvalue weighted by molar-refractivity contribution is 6.45. The van der Waals surface area contributed by atoms with Gasteiger partial charge < -0.3 is 0 Å². The number of nitrogens with zero attached hydrogens (tertiary/aromatic N) is 2. The normalized spacial score (nSPS) is 10.5. The van der Waals surface area contributed by atoms with Crippen molar-refractivity contribution >= 4 is 22.7 Å². The van der Waals surface area contributed by atoms with Gasteiger partial charge in [-0.25, -0.2) is 9.66 Å². The van der Waals surface area contributed by atoms with Crippen LogP contribution in [0.3, 0.4) is 0 Å². The van der Waals surface area contributed by atoms with Crippen molar-refractivity contribution < 1.29 is 9.59 Å². The fraction of sp³-hybridized carbons (Fsp3) is 0.0625. The van der Waals surface area contributed by atoms with Crippen LogP contribution >= 0.6 is 0 Å². The Hall–Kier alpha value is -2.95. The van der Waals surface area contributed by atoms with E-state index in [4.69, 9.17) is 0 Å². The van der Waals surface area contributed by atoms with Crippen LogP contribution in [0.5, 0.6) is 0 Å². The number of ketones is 1. The van der Waals surface area contributed by atoms with Crippen molar-refractivity contribution in [2.75, 3.05) is 5.43 Å². The Kier molecular flexibility index (Phi) is 3.23. The number of aromatic nitrogens is 2. The zero-order valence-electron chi connectivity index (χ0n) is 11.4. The molecule has 0 saturated carbocycles. The number of amides is 1. The molecular formula is C16H13N3O2. The van der Waals surface area contributed by atoms with Gasteiger partial charge in [-0.3, -0.25) is 15.0 Å². The smallest absolute Gasteiger partial charge is 0.283 e. The average molecular weight is 279 g/mol. The van der Waals surface area contributed by atoms with Crippen LogP contribution in [-0.4, -0.2) is 21.4 Å². The summed E-state index contributed by atoms with van der Waals surface area (Å²) in [6, 6.07) is 14.2. The van der Waals surface area contributed by atoms with E-state index >= 15 is 0 Å². The summed E-state index contributed by atoms with van der Waals surface area (Å²) in [5.41, 5.74) is 5.43. The van der Waals surface area contributed by atoms with Gasteiger partial charge in [0.2, 0.25) is 0 Å². The molecule has 0 aliphatic heterocycles. The van der Waals surface area contributed by atoms with Gasteiger partial charge in [0.05, 0.1) is 11.0 Å². The minimum Gasteiger partial charge on any atom is -0.283 e. The maximum absolute atomic E-state index is 12.1. The Morgan fingerprint density at radius 1 is 1.05 bits per heavy atom. The first-order chi connectivity index (χ1) is 10.1. The molecule has 21 heavy (non-hydrogen) atoms.